The Morgan fingerprint density at radius 1 is 1.10 bits per heavy atom. The molecule has 0 spiro atoms. The molecule has 0 bridgehead atoms. The van der Waals surface area contributed by atoms with E-state index in [0.29, 0.717) is 0 Å². The maximum absolute atomic E-state index is 13.7. The number of ether oxygens (including phenoxy) is 1. The number of methoxy groups -OCH3 is 1. The van der Waals surface area contributed by atoms with Crippen LogP contribution in [0.4, 0.5) is 8.78 Å². The van der Waals surface area contributed by atoms with Crippen molar-refractivity contribution in [3.63, 3.8) is 0 Å². The lowest BCUT2D eigenvalue weighted by molar-refractivity contribution is 0.413. The van der Waals surface area contributed by atoms with Crippen molar-refractivity contribution in [2.45, 2.75) is 18.9 Å². The van der Waals surface area contributed by atoms with E-state index in [-0.39, 0.29) is 12.0 Å². The molecule has 1 atom stereocenters. The Balaban J connectivity index is 2.27. The van der Waals surface area contributed by atoms with Crippen LogP contribution in [-0.4, -0.2) is 7.11 Å². The second kappa shape index (κ2) is 5.59. The third kappa shape index (κ3) is 3.14. The highest BCUT2D eigenvalue weighted by Gasteiger charge is 2.23. The van der Waals surface area contributed by atoms with Crippen molar-refractivity contribution in [2.75, 3.05) is 7.11 Å². The number of nitrogens with two attached hydrogens (primary N) is 1. The average Bonchev–Trinajstić information content (AvgIpc) is 2.43. The molecular weight excluding hydrogens is 260 g/mol. The summed E-state index contributed by atoms with van der Waals surface area (Å²) in [5, 5.41) is 0. The average molecular weight is 277 g/mol. The smallest absolute Gasteiger partial charge is 0.126 e. The van der Waals surface area contributed by atoms with E-state index in [0.717, 1.165) is 23.4 Å². The fourth-order valence-corrected chi connectivity index (χ4v) is 2.15. The highest BCUT2D eigenvalue weighted by molar-refractivity contribution is 5.33. The predicted molar refractivity (Wildman–Crippen MR) is 74.6 cm³/mol. The second-order valence-corrected chi connectivity index (χ2v) is 5.06. The van der Waals surface area contributed by atoms with Crippen LogP contribution in [0, 0.1) is 11.6 Å². The normalized spacial score (nSPS) is 13.8. The molecule has 2 rings (SSSR count). The summed E-state index contributed by atoms with van der Waals surface area (Å²) < 4.78 is 32.0. The molecule has 20 heavy (non-hydrogen) atoms. The zero-order valence-corrected chi connectivity index (χ0v) is 11.5. The van der Waals surface area contributed by atoms with Gasteiger partial charge in [0.15, 0.2) is 0 Å². The summed E-state index contributed by atoms with van der Waals surface area (Å²) in [5.74, 6) is -0.190. The van der Waals surface area contributed by atoms with E-state index in [1.807, 2.05) is 12.1 Å². The molecular formula is C16H17F2NO. The van der Waals surface area contributed by atoms with E-state index < -0.39 is 17.2 Å². The van der Waals surface area contributed by atoms with Gasteiger partial charge in [0.25, 0.3) is 0 Å². The number of hydrogen-bond donors (Lipinski definition) is 1. The topological polar surface area (TPSA) is 35.2 Å². The van der Waals surface area contributed by atoms with Gasteiger partial charge < -0.3 is 10.5 Å². The molecule has 1 unspecified atom stereocenters. The summed E-state index contributed by atoms with van der Waals surface area (Å²) in [6.45, 7) is 1.79. The fourth-order valence-electron chi connectivity index (χ4n) is 2.15. The molecule has 0 aliphatic heterocycles. The summed E-state index contributed by atoms with van der Waals surface area (Å²) in [7, 11) is 1.58. The molecule has 2 aromatic rings. The SMILES string of the molecule is COc1ccc(C(C)(N)Cc2cc(F)ccc2F)cc1. The molecule has 106 valence electrons. The van der Waals surface area contributed by atoms with Crippen molar-refractivity contribution in [2.24, 2.45) is 5.73 Å². The molecule has 0 aliphatic carbocycles. The zero-order chi connectivity index (χ0) is 14.8. The van der Waals surface area contributed by atoms with Crippen molar-refractivity contribution in [3.05, 3.63) is 65.2 Å². The highest BCUT2D eigenvalue weighted by Crippen LogP contribution is 2.26. The number of rotatable bonds is 4. The first-order chi connectivity index (χ1) is 9.42. The lowest BCUT2D eigenvalue weighted by atomic mass is 9.86. The Labute approximate surface area is 117 Å². The van der Waals surface area contributed by atoms with Crippen LogP contribution in [0.5, 0.6) is 5.75 Å². The van der Waals surface area contributed by atoms with Crippen LogP contribution in [0.1, 0.15) is 18.1 Å². The maximum atomic E-state index is 13.7. The van der Waals surface area contributed by atoms with Gasteiger partial charge in [-0.15, -0.1) is 0 Å². The molecule has 0 saturated heterocycles. The monoisotopic (exact) mass is 277 g/mol. The molecule has 0 radical (unpaired) electrons. The van der Waals surface area contributed by atoms with Gasteiger partial charge >= 0.3 is 0 Å². The molecule has 0 saturated carbocycles. The van der Waals surface area contributed by atoms with E-state index in [2.05, 4.69) is 0 Å². The van der Waals surface area contributed by atoms with Gasteiger partial charge in [-0.3, -0.25) is 0 Å². The van der Waals surface area contributed by atoms with Crippen LogP contribution in [0.2, 0.25) is 0 Å². The fraction of sp³-hybridized carbons (Fsp3) is 0.250. The molecule has 2 nitrogen and oxygen atoms in total. The van der Waals surface area contributed by atoms with Crippen LogP contribution < -0.4 is 10.5 Å². The van der Waals surface area contributed by atoms with Crippen LogP contribution >= 0.6 is 0 Å². The standard InChI is InChI=1S/C16H17F2NO/c1-16(19,12-3-6-14(20-2)7-4-12)10-11-9-13(17)5-8-15(11)18/h3-9H,10,19H2,1-2H3. The second-order valence-electron chi connectivity index (χ2n) is 5.06. The minimum absolute atomic E-state index is 0.211. The van der Waals surface area contributed by atoms with E-state index in [4.69, 9.17) is 10.5 Å². The van der Waals surface area contributed by atoms with Crippen molar-refractivity contribution >= 4 is 0 Å². The van der Waals surface area contributed by atoms with E-state index in [1.54, 1.807) is 26.2 Å². The molecule has 0 aliphatic rings. The lowest BCUT2D eigenvalue weighted by Gasteiger charge is -2.26. The van der Waals surface area contributed by atoms with Gasteiger partial charge in [0.2, 0.25) is 0 Å². The van der Waals surface area contributed by atoms with Gasteiger partial charge in [-0.2, -0.15) is 0 Å². The van der Waals surface area contributed by atoms with Gasteiger partial charge in [-0.1, -0.05) is 12.1 Å². The van der Waals surface area contributed by atoms with Crippen molar-refractivity contribution in [3.8, 4) is 5.75 Å². The van der Waals surface area contributed by atoms with Crippen LogP contribution in [0.15, 0.2) is 42.5 Å². The summed E-state index contributed by atoms with van der Waals surface area (Å²) >= 11 is 0. The van der Waals surface area contributed by atoms with Crippen LogP contribution in [-0.2, 0) is 12.0 Å². The number of hydrogen-bond acceptors (Lipinski definition) is 2. The molecule has 2 aromatic carbocycles. The first-order valence-electron chi connectivity index (χ1n) is 6.30. The van der Waals surface area contributed by atoms with Crippen LogP contribution in [0.3, 0.4) is 0 Å². The Morgan fingerprint density at radius 2 is 1.75 bits per heavy atom. The highest BCUT2D eigenvalue weighted by atomic mass is 19.1. The Morgan fingerprint density at radius 3 is 2.35 bits per heavy atom. The lowest BCUT2D eigenvalue weighted by Crippen LogP contribution is -2.35. The number of halogens is 2. The molecule has 2 N–H and O–H groups in total. The van der Waals surface area contributed by atoms with E-state index in [1.165, 1.54) is 6.07 Å². The van der Waals surface area contributed by atoms with E-state index in [9.17, 15) is 8.78 Å². The van der Waals surface area contributed by atoms with Gasteiger partial charge in [-0.05, 0) is 54.8 Å². The predicted octanol–water partition coefficient (Wildman–Crippen LogP) is 3.39. The number of benzene rings is 2. The summed E-state index contributed by atoms with van der Waals surface area (Å²) in [6.07, 6.45) is 0.211. The van der Waals surface area contributed by atoms with Gasteiger partial charge in [0, 0.05) is 5.54 Å². The van der Waals surface area contributed by atoms with Gasteiger partial charge in [0.05, 0.1) is 7.11 Å². The van der Waals surface area contributed by atoms with E-state index >= 15 is 0 Å². The van der Waals surface area contributed by atoms with Crippen molar-refractivity contribution in [1.29, 1.82) is 0 Å². The molecule has 4 heteroatoms. The van der Waals surface area contributed by atoms with Gasteiger partial charge in [0.1, 0.15) is 17.4 Å². The molecule has 0 aromatic heterocycles. The maximum Gasteiger partial charge on any atom is 0.126 e. The minimum Gasteiger partial charge on any atom is -0.497 e. The van der Waals surface area contributed by atoms with Crippen LogP contribution in [0.25, 0.3) is 0 Å². The molecule has 0 fully saturated rings. The third-order valence-corrected chi connectivity index (χ3v) is 3.31. The van der Waals surface area contributed by atoms with Gasteiger partial charge in [-0.25, -0.2) is 8.78 Å². The summed E-state index contributed by atoms with van der Waals surface area (Å²) in [6, 6.07) is 10.6. The molecule has 0 amide bonds. The Hall–Kier alpha value is -1.94. The first-order valence-corrected chi connectivity index (χ1v) is 6.30. The Kier molecular flexibility index (Phi) is 4.04. The van der Waals surface area contributed by atoms with Crippen molar-refractivity contribution < 1.29 is 13.5 Å². The zero-order valence-electron chi connectivity index (χ0n) is 11.5. The minimum atomic E-state index is -0.791. The summed E-state index contributed by atoms with van der Waals surface area (Å²) in [5.41, 5.74) is 6.56. The van der Waals surface area contributed by atoms with Crippen molar-refractivity contribution in [1.82, 2.24) is 0 Å². The molecule has 0 heterocycles. The third-order valence-electron chi connectivity index (χ3n) is 3.31. The summed E-state index contributed by atoms with van der Waals surface area (Å²) in [4.78, 5) is 0. The quantitative estimate of drug-likeness (QED) is 0.929. The Bertz CT molecular complexity index is 594. The first kappa shape index (κ1) is 14.5. The largest absolute Gasteiger partial charge is 0.497 e.